The third kappa shape index (κ3) is 3.32. The molecule has 2 N–H and O–H groups in total. The number of benzene rings is 2. The van der Waals surface area contributed by atoms with Gasteiger partial charge in [-0.3, -0.25) is 9.59 Å². The van der Waals surface area contributed by atoms with Crippen LogP contribution < -0.4 is 10.9 Å². The van der Waals surface area contributed by atoms with Gasteiger partial charge in [0.25, 0.3) is 11.5 Å². The molecule has 1 heterocycles. The fraction of sp³-hybridized carbons (Fsp3) is 0. The van der Waals surface area contributed by atoms with Crippen molar-refractivity contribution in [2.75, 3.05) is 5.32 Å². The van der Waals surface area contributed by atoms with Crippen LogP contribution in [-0.4, -0.2) is 15.9 Å². The van der Waals surface area contributed by atoms with Gasteiger partial charge in [-0.15, -0.1) is 0 Å². The number of carbonyl (C=O) groups excluding carboxylic acids is 1. The van der Waals surface area contributed by atoms with E-state index in [1.165, 1.54) is 30.5 Å². The molecule has 114 valence electrons. The standard InChI is InChI=1S/C17H12FN3O2/c18-12-6-8-13(9-7-12)20-16(22)14-10-19-15(21-17(14)23)11-4-2-1-3-5-11/h1-10H,(H,20,22)(H,19,21,23). The summed E-state index contributed by atoms with van der Waals surface area (Å²) in [7, 11) is 0. The molecule has 0 fully saturated rings. The minimum absolute atomic E-state index is 0.117. The Bertz CT molecular complexity index is 890. The van der Waals surface area contributed by atoms with Gasteiger partial charge < -0.3 is 10.3 Å². The average Bonchev–Trinajstić information content (AvgIpc) is 2.57. The number of hydrogen-bond donors (Lipinski definition) is 2. The summed E-state index contributed by atoms with van der Waals surface area (Å²) in [6.07, 6.45) is 1.22. The number of nitrogens with zero attached hydrogens (tertiary/aromatic N) is 1. The van der Waals surface area contributed by atoms with Crippen LogP contribution in [-0.2, 0) is 0 Å². The Labute approximate surface area is 130 Å². The lowest BCUT2D eigenvalue weighted by molar-refractivity contribution is 0.102. The van der Waals surface area contributed by atoms with E-state index in [1.807, 2.05) is 18.2 Å². The van der Waals surface area contributed by atoms with E-state index in [9.17, 15) is 14.0 Å². The summed E-state index contributed by atoms with van der Waals surface area (Å²) in [6, 6.07) is 14.4. The van der Waals surface area contributed by atoms with Crippen LogP contribution in [0.4, 0.5) is 10.1 Å². The minimum Gasteiger partial charge on any atom is -0.322 e. The molecular weight excluding hydrogens is 297 g/mol. The van der Waals surface area contributed by atoms with Crippen LogP contribution in [0.5, 0.6) is 0 Å². The van der Waals surface area contributed by atoms with Crippen molar-refractivity contribution in [3.63, 3.8) is 0 Å². The Morgan fingerprint density at radius 3 is 2.39 bits per heavy atom. The molecule has 0 saturated carbocycles. The molecule has 0 aliphatic heterocycles. The van der Waals surface area contributed by atoms with Crippen molar-refractivity contribution in [2.45, 2.75) is 0 Å². The Hall–Kier alpha value is -3.28. The second-order valence-corrected chi connectivity index (χ2v) is 4.80. The van der Waals surface area contributed by atoms with E-state index in [1.54, 1.807) is 12.1 Å². The number of anilines is 1. The number of hydrogen-bond acceptors (Lipinski definition) is 3. The van der Waals surface area contributed by atoms with E-state index in [2.05, 4.69) is 15.3 Å². The second kappa shape index (κ2) is 6.23. The smallest absolute Gasteiger partial charge is 0.264 e. The van der Waals surface area contributed by atoms with Crippen LogP contribution in [0.1, 0.15) is 10.4 Å². The van der Waals surface area contributed by atoms with E-state index >= 15 is 0 Å². The van der Waals surface area contributed by atoms with Crippen LogP contribution in [0.3, 0.4) is 0 Å². The molecule has 0 saturated heterocycles. The maximum Gasteiger partial charge on any atom is 0.264 e. The van der Waals surface area contributed by atoms with Crippen molar-refractivity contribution in [1.82, 2.24) is 9.97 Å². The third-order valence-electron chi connectivity index (χ3n) is 3.19. The molecule has 0 aliphatic rings. The molecule has 1 amide bonds. The van der Waals surface area contributed by atoms with Gasteiger partial charge in [0.2, 0.25) is 0 Å². The first-order chi connectivity index (χ1) is 11.1. The highest BCUT2D eigenvalue weighted by atomic mass is 19.1. The summed E-state index contributed by atoms with van der Waals surface area (Å²) in [6.45, 7) is 0. The maximum atomic E-state index is 12.8. The minimum atomic E-state index is -0.607. The predicted octanol–water partition coefficient (Wildman–Crippen LogP) is 2.83. The van der Waals surface area contributed by atoms with Crippen LogP contribution in [0.2, 0.25) is 0 Å². The molecule has 0 spiro atoms. The van der Waals surface area contributed by atoms with Gasteiger partial charge in [-0.05, 0) is 24.3 Å². The quantitative estimate of drug-likeness (QED) is 0.781. The Morgan fingerprint density at radius 2 is 1.74 bits per heavy atom. The van der Waals surface area contributed by atoms with Gasteiger partial charge in [0.15, 0.2) is 0 Å². The number of aromatic amines is 1. The zero-order valence-electron chi connectivity index (χ0n) is 11.9. The highest BCUT2D eigenvalue weighted by molar-refractivity contribution is 6.03. The molecule has 3 aromatic rings. The topological polar surface area (TPSA) is 74.8 Å². The van der Waals surface area contributed by atoms with Gasteiger partial charge in [0.1, 0.15) is 17.2 Å². The largest absolute Gasteiger partial charge is 0.322 e. The summed E-state index contributed by atoms with van der Waals surface area (Å²) in [5, 5.41) is 2.52. The first kappa shape index (κ1) is 14.6. The highest BCUT2D eigenvalue weighted by Gasteiger charge is 2.12. The molecule has 5 nitrogen and oxygen atoms in total. The van der Waals surface area contributed by atoms with Gasteiger partial charge in [-0.2, -0.15) is 0 Å². The number of nitrogens with one attached hydrogen (secondary N) is 2. The fourth-order valence-corrected chi connectivity index (χ4v) is 2.03. The molecule has 0 radical (unpaired) electrons. The van der Waals surface area contributed by atoms with E-state index in [0.717, 1.165) is 5.56 Å². The normalized spacial score (nSPS) is 10.3. The molecule has 23 heavy (non-hydrogen) atoms. The predicted molar refractivity (Wildman–Crippen MR) is 84.6 cm³/mol. The number of rotatable bonds is 3. The summed E-state index contributed by atoms with van der Waals surface area (Å²) in [4.78, 5) is 30.9. The molecular formula is C17H12FN3O2. The summed E-state index contributed by atoms with van der Waals surface area (Å²) in [5.74, 6) is -0.631. The van der Waals surface area contributed by atoms with Crippen molar-refractivity contribution in [3.05, 3.63) is 82.5 Å². The zero-order chi connectivity index (χ0) is 16.2. The Balaban J connectivity index is 1.84. The molecule has 2 aromatic carbocycles. The van der Waals surface area contributed by atoms with Crippen LogP contribution in [0.15, 0.2) is 65.6 Å². The molecule has 0 unspecified atom stereocenters. The first-order valence-electron chi connectivity index (χ1n) is 6.85. The van der Waals surface area contributed by atoms with Crippen molar-refractivity contribution in [1.29, 1.82) is 0 Å². The summed E-state index contributed by atoms with van der Waals surface area (Å²) in [5.41, 5.74) is 0.477. The molecule has 1 aromatic heterocycles. The van der Waals surface area contributed by atoms with Gasteiger partial charge in [0.05, 0.1) is 0 Å². The van der Waals surface area contributed by atoms with Crippen molar-refractivity contribution in [3.8, 4) is 11.4 Å². The first-order valence-corrected chi connectivity index (χ1v) is 6.85. The summed E-state index contributed by atoms with van der Waals surface area (Å²) < 4.78 is 12.8. The van der Waals surface area contributed by atoms with E-state index in [4.69, 9.17) is 0 Å². The molecule has 3 rings (SSSR count). The number of amides is 1. The Kier molecular flexibility index (Phi) is 3.97. The Morgan fingerprint density at radius 1 is 1.04 bits per heavy atom. The van der Waals surface area contributed by atoms with Gasteiger partial charge in [0, 0.05) is 17.4 Å². The third-order valence-corrected chi connectivity index (χ3v) is 3.19. The number of aromatic nitrogens is 2. The molecule has 0 aliphatic carbocycles. The van der Waals surface area contributed by atoms with Gasteiger partial charge >= 0.3 is 0 Å². The van der Waals surface area contributed by atoms with Gasteiger partial charge in [-0.1, -0.05) is 30.3 Å². The molecule has 0 bridgehead atoms. The molecule has 6 heteroatoms. The molecule has 0 atom stereocenters. The van der Waals surface area contributed by atoms with E-state index in [-0.39, 0.29) is 5.56 Å². The van der Waals surface area contributed by atoms with Crippen molar-refractivity contribution in [2.24, 2.45) is 0 Å². The number of halogens is 1. The van der Waals surface area contributed by atoms with Crippen molar-refractivity contribution >= 4 is 11.6 Å². The highest BCUT2D eigenvalue weighted by Crippen LogP contribution is 2.12. The number of carbonyl (C=O) groups is 1. The average molecular weight is 309 g/mol. The van der Waals surface area contributed by atoms with Crippen LogP contribution in [0, 0.1) is 5.82 Å². The lowest BCUT2D eigenvalue weighted by Gasteiger charge is -2.05. The second-order valence-electron chi connectivity index (χ2n) is 4.80. The van der Waals surface area contributed by atoms with Crippen LogP contribution >= 0.6 is 0 Å². The monoisotopic (exact) mass is 309 g/mol. The van der Waals surface area contributed by atoms with Crippen LogP contribution in [0.25, 0.3) is 11.4 Å². The van der Waals surface area contributed by atoms with E-state index < -0.39 is 17.3 Å². The fourth-order valence-electron chi connectivity index (χ4n) is 2.03. The lowest BCUT2D eigenvalue weighted by Crippen LogP contribution is -2.24. The summed E-state index contributed by atoms with van der Waals surface area (Å²) >= 11 is 0. The zero-order valence-corrected chi connectivity index (χ0v) is 11.9. The maximum absolute atomic E-state index is 12.8. The van der Waals surface area contributed by atoms with Gasteiger partial charge in [-0.25, -0.2) is 9.37 Å². The SMILES string of the molecule is O=C(Nc1ccc(F)cc1)c1cnc(-c2ccccc2)[nH]c1=O. The van der Waals surface area contributed by atoms with Crippen molar-refractivity contribution < 1.29 is 9.18 Å². The lowest BCUT2D eigenvalue weighted by atomic mass is 10.2. The number of H-pyrrole nitrogens is 1. The van der Waals surface area contributed by atoms with E-state index in [0.29, 0.717) is 11.5 Å².